The summed E-state index contributed by atoms with van der Waals surface area (Å²) in [6, 6.07) is 0.550. The summed E-state index contributed by atoms with van der Waals surface area (Å²) < 4.78 is 2.99. The van der Waals surface area contributed by atoms with Crippen molar-refractivity contribution < 1.29 is 5.11 Å². The fourth-order valence-electron chi connectivity index (χ4n) is 2.54. The summed E-state index contributed by atoms with van der Waals surface area (Å²) in [6.45, 7) is 4.97. The number of hydrogen-bond donors (Lipinski definition) is 1. The zero-order valence-electron chi connectivity index (χ0n) is 10.2. The number of rotatable bonds is 5. The van der Waals surface area contributed by atoms with E-state index in [1.165, 1.54) is 12.8 Å². The molecule has 0 spiro atoms. The number of hydrogen-bond acceptors (Lipinski definition) is 3. The van der Waals surface area contributed by atoms with Crippen LogP contribution in [0.15, 0.2) is 16.9 Å². The van der Waals surface area contributed by atoms with Gasteiger partial charge in [-0.1, -0.05) is 0 Å². The molecule has 0 saturated carbocycles. The largest absolute Gasteiger partial charge is 0.393 e. The molecule has 0 aliphatic carbocycles. The number of likely N-dealkylation sites (tertiary alicyclic amines) is 1. The van der Waals surface area contributed by atoms with Gasteiger partial charge < -0.3 is 5.11 Å². The second kappa shape index (κ2) is 5.98. The van der Waals surface area contributed by atoms with Crippen molar-refractivity contribution in [2.75, 3.05) is 13.1 Å². The Labute approximate surface area is 111 Å². The highest BCUT2D eigenvalue weighted by Crippen LogP contribution is 2.21. The van der Waals surface area contributed by atoms with Gasteiger partial charge in [0.15, 0.2) is 0 Å². The van der Waals surface area contributed by atoms with Crippen molar-refractivity contribution in [3.8, 4) is 0 Å². The van der Waals surface area contributed by atoms with Crippen molar-refractivity contribution >= 4 is 15.9 Å². The average Bonchev–Trinajstić information content (AvgIpc) is 2.84. The van der Waals surface area contributed by atoms with Crippen molar-refractivity contribution in [3.63, 3.8) is 0 Å². The number of aliphatic hydroxyl groups is 1. The van der Waals surface area contributed by atoms with Gasteiger partial charge in [0.25, 0.3) is 0 Å². The molecule has 1 aliphatic rings. The van der Waals surface area contributed by atoms with Crippen LogP contribution in [0.4, 0.5) is 0 Å². The molecule has 1 aromatic rings. The summed E-state index contributed by atoms with van der Waals surface area (Å²) in [5, 5.41) is 13.7. The van der Waals surface area contributed by atoms with Crippen molar-refractivity contribution in [1.82, 2.24) is 14.7 Å². The van der Waals surface area contributed by atoms with E-state index < -0.39 is 0 Å². The van der Waals surface area contributed by atoms with Gasteiger partial charge in [0.2, 0.25) is 0 Å². The van der Waals surface area contributed by atoms with E-state index in [-0.39, 0.29) is 6.10 Å². The Kier molecular flexibility index (Phi) is 4.59. The third-order valence-electron chi connectivity index (χ3n) is 3.33. The molecule has 17 heavy (non-hydrogen) atoms. The molecule has 0 aromatic carbocycles. The molecule has 1 saturated heterocycles. The molecular weight excluding hydrogens is 282 g/mol. The lowest BCUT2D eigenvalue weighted by Gasteiger charge is -2.25. The summed E-state index contributed by atoms with van der Waals surface area (Å²) >= 11 is 3.40. The van der Waals surface area contributed by atoms with E-state index in [0.29, 0.717) is 6.04 Å². The zero-order valence-corrected chi connectivity index (χ0v) is 11.8. The molecule has 0 radical (unpaired) electrons. The van der Waals surface area contributed by atoms with E-state index in [2.05, 4.69) is 25.9 Å². The van der Waals surface area contributed by atoms with Gasteiger partial charge in [-0.2, -0.15) is 5.10 Å². The van der Waals surface area contributed by atoms with Crippen molar-refractivity contribution in [2.24, 2.45) is 0 Å². The first-order valence-corrected chi connectivity index (χ1v) is 7.04. The summed E-state index contributed by atoms with van der Waals surface area (Å²) in [7, 11) is 0. The molecule has 0 bridgehead atoms. The summed E-state index contributed by atoms with van der Waals surface area (Å²) in [4.78, 5) is 2.47. The number of aliphatic hydroxyl groups excluding tert-OH is 1. The normalized spacial score (nSPS) is 23.1. The van der Waals surface area contributed by atoms with Gasteiger partial charge in [-0.3, -0.25) is 9.58 Å². The molecule has 4 nitrogen and oxygen atoms in total. The molecule has 2 atom stereocenters. The molecular formula is C12H20BrN3O. The minimum Gasteiger partial charge on any atom is -0.393 e. The van der Waals surface area contributed by atoms with Crippen LogP contribution in [0.2, 0.25) is 0 Å². The molecule has 0 amide bonds. The Bertz CT molecular complexity index is 353. The van der Waals surface area contributed by atoms with Gasteiger partial charge in [0.05, 0.1) is 23.3 Å². The van der Waals surface area contributed by atoms with Crippen LogP contribution < -0.4 is 0 Å². The van der Waals surface area contributed by atoms with E-state index in [9.17, 15) is 5.11 Å². The van der Waals surface area contributed by atoms with Crippen LogP contribution in [0.1, 0.15) is 26.2 Å². The molecule has 2 rings (SSSR count). The first-order valence-electron chi connectivity index (χ1n) is 6.25. The van der Waals surface area contributed by atoms with E-state index in [4.69, 9.17) is 0 Å². The Morgan fingerprint density at radius 3 is 3.06 bits per heavy atom. The van der Waals surface area contributed by atoms with Crippen molar-refractivity contribution in [1.29, 1.82) is 0 Å². The second-order valence-electron chi connectivity index (χ2n) is 4.84. The van der Waals surface area contributed by atoms with Gasteiger partial charge in [-0.15, -0.1) is 0 Å². The molecule has 96 valence electrons. The van der Waals surface area contributed by atoms with Crippen molar-refractivity contribution in [2.45, 2.75) is 44.9 Å². The van der Waals surface area contributed by atoms with Crippen LogP contribution in [-0.4, -0.2) is 45.0 Å². The Balaban J connectivity index is 1.81. The predicted octanol–water partition coefficient (Wildman–Crippen LogP) is 1.88. The molecule has 1 N–H and O–H groups in total. The smallest absolute Gasteiger partial charge is 0.0632 e. The first-order chi connectivity index (χ1) is 8.15. The Morgan fingerprint density at radius 1 is 1.59 bits per heavy atom. The molecule has 1 aliphatic heterocycles. The fraction of sp³-hybridized carbons (Fsp3) is 0.750. The lowest BCUT2D eigenvalue weighted by atomic mass is 10.1. The molecule has 2 heterocycles. The van der Waals surface area contributed by atoms with Crippen LogP contribution in [-0.2, 0) is 6.54 Å². The van der Waals surface area contributed by atoms with Gasteiger partial charge in [-0.05, 0) is 48.7 Å². The quantitative estimate of drug-likeness (QED) is 0.903. The standard InChI is InChI=1S/C12H20BrN3O/c1-10(17)7-12-3-2-4-15(12)5-6-16-9-11(13)8-14-16/h8-10,12,17H,2-7H2,1H3. The lowest BCUT2D eigenvalue weighted by Crippen LogP contribution is -2.34. The number of nitrogens with zero attached hydrogens (tertiary/aromatic N) is 3. The predicted molar refractivity (Wildman–Crippen MR) is 70.8 cm³/mol. The van der Waals surface area contributed by atoms with Crippen LogP contribution >= 0.6 is 15.9 Å². The highest BCUT2D eigenvalue weighted by Gasteiger charge is 2.25. The van der Waals surface area contributed by atoms with Crippen LogP contribution in [0, 0.1) is 0 Å². The van der Waals surface area contributed by atoms with Crippen LogP contribution in [0.5, 0.6) is 0 Å². The third kappa shape index (κ3) is 3.79. The van der Waals surface area contributed by atoms with Gasteiger partial charge in [0, 0.05) is 18.8 Å². The van der Waals surface area contributed by atoms with Gasteiger partial charge in [-0.25, -0.2) is 0 Å². The number of halogens is 1. The van der Waals surface area contributed by atoms with Crippen LogP contribution in [0.3, 0.4) is 0 Å². The summed E-state index contributed by atoms with van der Waals surface area (Å²) in [5.41, 5.74) is 0. The third-order valence-corrected chi connectivity index (χ3v) is 3.74. The van der Waals surface area contributed by atoms with Gasteiger partial charge >= 0.3 is 0 Å². The van der Waals surface area contributed by atoms with Crippen molar-refractivity contribution in [3.05, 3.63) is 16.9 Å². The highest BCUT2D eigenvalue weighted by molar-refractivity contribution is 9.10. The zero-order chi connectivity index (χ0) is 12.3. The fourth-order valence-corrected chi connectivity index (χ4v) is 2.87. The molecule has 5 heteroatoms. The Hall–Kier alpha value is -0.390. The minimum atomic E-state index is -0.195. The SMILES string of the molecule is CC(O)CC1CCCN1CCn1cc(Br)cn1. The van der Waals surface area contributed by atoms with E-state index >= 15 is 0 Å². The maximum atomic E-state index is 9.47. The first kappa shape index (κ1) is 13.1. The van der Waals surface area contributed by atoms with E-state index in [0.717, 1.165) is 30.5 Å². The maximum absolute atomic E-state index is 9.47. The molecule has 2 unspecified atom stereocenters. The molecule has 1 fully saturated rings. The summed E-state index contributed by atoms with van der Waals surface area (Å²) in [6.07, 6.45) is 6.98. The van der Waals surface area contributed by atoms with E-state index in [1.54, 1.807) is 0 Å². The van der Waals surface area contributed by atoms with Crippen LogP contribution in [0.25, 0.3) is 0 Å². The monoisotopic (exact) mass is 301 g/mol. The highest BCUT2D eigenvalue weighted by atomic mass is 79.9. The maximum Gasteiger partial charge on any atom is 0.0632 e. The van der Waals surface area contributed by atoms with Gasteiger partial charge in [0.1, 0.15) is 0 Å². The topological polar surface area (TPSA) is 41.3 Å². The van der Waals surface area contributed by atoms with E-state index in [1.807, 2.05) is 24.0 Å². The minimum absolute atomic E-state index is 0.195. The average molecular weight is 302 g/mol. The second-order valence-corrected chi connectivity index (χ2v) is 5.75. The molecule has 1 aromatic heterocycles. The Morgan fingerprint density at radius 2 is 2.41 bits per heavy atom. The summed E-state index contributed by atoms with van der Waals surface area (Å²) in [5.74, 6) is 0. The lowest BCUT2D eigenvalue weighted by molar-refractivity contribution is 0.131. The number of aromatic nitrogens is 2.